The molecule has 0 unspecified atom stereocenters. The zero-order valence-electron chi connectivity index (χ0n) is 17.5. The molecular formula is C24H23N5O2. The fourth-order valence-electron chi connectivity index (χ4n) is 4.02. The maximum absolute atomic E-state index is 12.7. The third kappa shape index (κ3) is 3.64. The topological polar surface area (TPSA) is 72.3 Å². The van der Waals surface area contributed by atoms with Gasteiger partial charge >= 0.3 is 0 Å². The van der Waals surface area contributed by atoms with Crippen molar-refractivity contribution in [3.05, 3.63) is 82.3 Å². The first-order valence-corrected chi connectivity index (χ1v) is 10.2. The van der Waals surface area contributed by atoms with E-state index in [4.69, 9.17) is 4.74 Å². The number of anilines is 2. The Morgan fingerprint density at radius 1 is 1.06 bits per heavy atom. The van der Waals surface area contributed by atoms with E-state index in [1.807, 2.05) is 30.3 Å². The van der Waals surface area contributed by atoms with Gasteiger partial charge < -0.3 is 15.0 Å². The van der Waals surface area contributed by atoms with Gasteiger partial charge in [-0.05, 0) is 54.9 Å². The van der Waals surface area contributed by atoms with Crippen LogP contribution < -0.4 is 15.6 Å². The smallest absolute Gasteiger partial charge is 0.256 e. The number of methoxy groups -OCH3 is 1. The van der Waals surface area contributed by atoms with Crippen LogP contribution in [0.3, 0.4) is 0 Å². The summed E-state index contributed by atoms with van der Waals surface area (Å²) < 4.78 is 7.22. The molecule has 0 saturated heterocycles. The van der Waals surface area contributed by atoms with Crippen LogP contribution in [0.2, 0.25) is 0 Å². The van der Waals surface area contributed by atoms with Gasteiger partial charge in [0.15, 0.2) is 5.65 Å². The first kappa shape index (κ1) is 19.3. The van der Waals surface area contributed by atoms with Gasteiger partial charge in [0.1, 0.15) is 5.75 Å². The standard InChI is InChI=1S/C24H23N5O2/c1-28-11-10-16-13-21(31-2)20(12-18(16)15-28)26-24-25-14-17-8-9-22(30)29(23(17)27-24)19-6-4-3-5-7-19/h3-9,12-14H,10-11,15H2,1-2H3,(H,25,26,27). The van der Waals surface area contributed by atoms with Crippen molar-refractivity contribution < 1.29 is 4.74 Å². The highest BCUT2D eigenvalue weighted by Gasteiger charge is 2.18. The minimum absolute atomic E-state index is 0.141. The van der Waals surface area contributed by atoms with Gasteiger partial charge in [0, 0.05) is 30.7 Å². The van der Waals surface area contributed by atoms with E-state index in [2.05, 4.69) is 39.4 Å². The van der Waals surface area contributed by atoms with Gasteiger partial charge in [0.05, 0.1) is 18.5 Å². The van der Waals surface area contributed by atoms with E-state index < -0.39 is 0 Å². The molecule has 1 aliphatic heterocycles. The van der Waals surface area contributed by atoms with Crippen molar-refractivity contribution in [3.63, 3.8) is 0 Å². The maximum Gasteiger partial charge on any atom is 0.256 e. The summed E-state index contributed by atoms with van der Waals surface area (Å²) in [5.41, 5.74) is 4.54. The van der Waals surface area contributed by atoms with Crippen LogP contribution in [0.5, 0.6) is 5.75 Å². The molecule has 0 radical (unpaired) electrons. The minimum atomic E-state index is -0.141. The largest absolute Gasteiger partial charge is 0.495 e. The Labute approximate surface area is 179 Å². The fraction of sp³-hybridized carbons (Fsp3) is 0.208. The molecule has 0 amide bonds. The Hall–Kier alpha value is -3.71. The number of aromatic nitrogens is 3. The van der Waals surface area contributed by atoms with Gasteiger partial charge in [-0.1, -0.05) is 18.2 Å². The normalized spacial score (nSPS) is 13.7. The van der Waals surface area contributed by atoms with Crippen molar-refractivity contribution in [1.82, 2.24) is 19.4 Å². The van der Waals surface area contributed by atoms with Gasteiger partial charge in [0.25, 0.3) is 5.56 Å². The lowest BCUT2D eigenvalue weighted by Gasteiger charge is -2.26. The summed E-state index contributed by atoms with van der Waals surface area (Å²) in [6.07, 6.45) is 2.72. The van der Waals surface area contributed by atoms with E-state index in [0.717, 1.165) is 42.0 Å². The van der Waals surface area contributed by atoms with Crippen molar-refractivity contribution in [2.24, 2.45) is 0 Å². The Morgan fingerprint density at radius 3 is 2.71 bits per heavy atom. The summed E-state index contributed by atoms with van der Waals surface area (Å²) in [7, 11) is 3.78. The Bertz CT molecular complexity index is 1320. The number of fused-ring (bicyclic) bond motifs is 2. The molecule has 2 aromatic carbocycles. The monoisotopic (exact) mass is 413 g/mol. The molecular weight excluding hydrogens is 390 g/mol. The van der Waals surface area contributed by atoms with E-state index in [9.17, 15) is 4.79 Å². The number of ether oxygens (including phenoxy) is 1. The van der Waals surface area contributed by atoms with Crippen LogP contribution in [0.25, 0.3) is 16.7 Å². The predicted octanol–water partition coefficient (Wildman–Crippen LogP) is 3.52. The van der Waals surface area contributed by atoms with Crippen molar-refractivity contribution in [2.75, 3.05) is 26.0 Å². The number of hydrogen-bond donors (Lipinski definition) is 1. The molecule has 31 heavy (non-hydrogen) atoms. The average molecular weight is 413 g/mol. The van der Waals surface area contributed by atoms with Crippen molar-refractivity contribution in [3.8, 4) is 11.4 Å². The zero-order valence-corrected chi connectivity index (χ0v) is 17.5. The van der Waals surface area contributed by atoms with Gasteiger partial charge in [-0.25, -0.2) is 4.98 Å². The molecule has 7 nitrogen and oxygen atoms in total. The van der Waals surface area contributed by atoms with Gasteiger partial charge in [-0.2, -0.15) is 4.98 Å². The van der Waals surface area contributed by atoms with Gasteiger partial charge in [0.2, 0.25) is 5.95 Å². The number of para-hydroxylation sites is 1. The quantitative estimate of drug-likeness (QED) is 0.552. The highest BCUT2D eigenvalue weighted by molar-refractivity contribution is 5.78. The van der Waals surface area contributed by atoms with Crippen LogP contribution in [-0.4, -0.2) is 40.1 Å². The molecule has 0 fully saturated rings. The molecule has 1 N–H and O–H groups in total. The average Bonchev–Trinajstić information content (AvgIpc) is 2.79. The van der Waals surface area contributed by atoms with Gasteiger partial charge in [-0.3, -0.25) is 9.36 Å². The first-order chi connectivity index (χ1) is 15.1. The van der Waals surface area contributed by atoms with Crippen LogP contribution in [0.15, 0.2) is 65.6 Å². The highest BCUT2D eigenvalue weighted by atomic mass is 16.5. The van der Waals surface area contributed by atoms with Crippen LogP contribution in [0.4, 0.5) is 11.6 Å². The Morgan fingerprint density at radius 2 is 1.90 bits per heavy atom. The third-order valence-corrected chi connectivity index (χ3v) is 5.62. The number of hydrogen-bond acceptors (Lipinski definition) is 6. The van der Waals surface area contributed by atoms with Gasteiger partial charge in [-0.15, -0.1) is 0 Å². The van der Waals surface area contributed by atoms with E-state index in [1.54, 1.807) is 23.9 Å². The summed E-state index contributed by atoms with van der Waals surface area (Å²) in [5.74, 6) is 1.16. The molecule has 0 atom stereocenters. The molecule has 5 rings (SSSR count). The van der Waals surface area contributed by atoms with E-state index >= 15 is 0 Å². The van der Waals surface area contributed by atoms with E-state index in [0.29, 0.717) is 11.6 Å². The number of nitrogens with one attached hydrogen (secondary N) is 1. The lowest BCUT2D eigenvalue weighted by Crippen LogP contribution is -2.26. The molecule has 0 bridgehead atoms. The number of pyridine rings is 1. The predicted molar refractivity (Wildman–Crippen MR) is 121 cm³/mol. The summed E-state index contributed by atoms with van der Waals surface area (Å²) in [5, 5.41) is 4.08. The second-order valence-electron chi connectivity index (χ2n) is 7.75. The Balaban J connectivity index is 1.59. The molecule has 3 heterocycles. The van der Waals surface area contributed by atoms with E-state index in [1.165, 1.54) is 17.2 Å². The SMILES string of the molecule is COc1cc2c(cc1Nc1ncc3ccc(=O)n(-c4ccccc4)c3n1)CN(C)CC2. The zero-order chi connectivity index (χ0) is 21.4. The molecule has 2 aromatic heterocycles. The number of rotatable bonds is 4. The highest BCUT2D eigenvalue weighted by Crippen LogP contribution is 2.33. The summed E-state index contributed by atoms with van der Waals surface area (Å²) in [4.78, 5) is 24.1. The van der Waals surface area contributed by atoms with E-state index in [-0.39, 0.29) is 5.56 Å². The number of nitrogens with zero attached hydrogens (tertiary/aromatic N) is 4. The number of likely N-dealkylation sites (N-methyl/N-ethyl adjacent to an activating group) is 1. The summed E-state index contributed by atoms with van der Waals surface area (Å²) >= 11 is 0. The van der Waals surface area contributed by atoms with Crippen LogP contribution in [-0.2, 0) is 13.0 Å². The molecule has 7 heteroatoms. The molecule has 0 spiro atoms. The lowest BCUT2D eigenvalue weighted by molar-refractivity contribution is 0.312. The van der Waals surface area contributed by atoms with Crippen LogP contribution in [0, 0.1) is 0 Å². The van der Waals surface area contributed by atoms with Crippen molar-refractivity contribution in [1.29, 1.82) is 0 Å². The molecule has 4 aromatic rings. The summed E-state index contributed by atoms with van der Waals surface area (Å²) in [6, 6.07) is 17.0. The second kappa shape index (κ2) is 7.85. The summed E-state index contributed by atoms with van der Waals surface area (Å²) in [6.45, 7) is 1.92. The molecule has 1 aliphatic rings. The van der Waals surface area contributed by atoms with Crippen molar-refractivity contribution >= 4 is 22.7 Å². The first-order valence-electron chi connectivity index (χ1n) is 10.2. The number of benzene rings is 2. The van der Waals surface area contributed by atoms with Crippen LogP contribution >= 0.6 is 0 Å². The molecule has 156 valence electrons. The maximum atomic E-state index is 12.7. The second-order valence-corrected chi connectivity index (χ2v) is 7.75. The van der Waals surface area contributed by atoms with Crippen molar-refractivity contribution in [2.45, 2.75) is 13.0 Å². The van der Waals surface area contributed by atoms with Crippen LogP contribution in [0.1, 0.15) is 11.1 Å². The molecule has 0 aliphatic carbocycles. The Kier molecular flexibility index (Phi) is 4.88. The third-order valence-electron chi connectivity index (χ3n) is 5.62. The lowest BCUT2D eigenvalue weighted by atomic mass is 9.99. The minimum Gasteiger partial charge on any atom is -0.495 e. The fourth-order valence-corrected chi connectivity index (χ4v) is 4.02. The molecule has 0 saturated carbocycles.